The van der Waals surface area contributed by atoms with Crippen LogP contribution >= 0.6 is 0 Å². The number of aliphatic imine (C=N–C) groups is 1. The number of carbonyl (C=O) groups is 1. The van der Waals surface area contributed by atoms with Crippen molar-refractivity contribution in [1.29, 1.82) is 5.41 Å². The molecule has 2 unspecified atom stereocenters. The van der Waals surface area contributed by atoms with E-state index in [1.165, 1.54) is 25.5 Å². The Morgan fingerprint density at radius 2 is 2.17 bits per heavy atom. The van der Waals surface area contributed by atoms with Gasteiger partial charge in [-0.15, -0.1) is 0 Å². The van der Waals surface area contributed by atoms with Crippen molar-refractivity contribution in [3.8, 4) is 5.75 Å². The van der Waals surface area contributed by atoms with Gasteiger partial charge in [0.15, 0.2) is 11.6 Å². The van der Waals surface area contributed by atoms with Gasteiger partial charge in [0.05, 0.1) is 25.8 Å². The SMILES string of the molecule is CN=C(CC=N)C(NC(=O)c1ccc2cnc(NC3CCOC3)cc2c1)c1ccc(OC)c(F)c1. The van der Waals surface area contributed by atoms with Crippen LogP contribution in [0.25, 0.3) is 10.8 Å². The normalized spacial score (nSPS) is 16.7. The van der Waals surface area contributed by atoms with Gasteiger partial charge in [-0.05, 0) is 47.7 Å². The van der Waals surface area contributed by atoms with E-state index in [9.17, 15) is 9.18 Å². The predicted octanol–water partition coefficient (Wildman–Crippen LogP) is 4.16. The lowest BCUT2D eigenvalue weighted by molar-refractivity contribution is 0.0946. The first-order valence-corrected chi connectivity index (χ1v) is 11.3. The lowest BCUT2D eigenvalue weighted by Gasteiger charge is -2.21. The van der Waals surface area contributed by atoms with Crippen LogP contribution in [-0.2, 0) is 4.74 Å². The smallest absolute Gasteiger partial charge is 0.252 e. The van der Waals surface area contributed by atoms with Gasteiger partial charge >= 0.3 is 0 Å². The molecule has 182 valence electrons. The summed E-state index contributed by atoms with van der Waals surface area (Å²) in [5.74, 6) is -0.0451. The Morgan fingerprint density at radius 3 is 2.86 bits per heavy atom. The second-order valence-corrected chi connectivity index (χ2v) is 8.26. The monoisotopic (exact) mass is 477 g/mol. The zero-order valence-electron chi connectivity index (χ0n) is 19.7. The molecule has 0 radical (unpaired) electrons. The number of hydrogen-bond donors (Lipinski definition) is 3. The topological polar surface area (TPSA) is 109 Å². The van der Waals surface area contributed by atoms with Crippen LogP contribution in [0.3, 0.4) is 0 Å². The minimum Gasteiger partial charge on any atom is -0.494 e. The number of fused-ring (bicyclic) bond motifs is 1. The van der Waals surface area contributed by atoms with Crippen LogP contribution in [0.15, 0.2) is 53.7 Å². The van der Waals surface area contributed by atoms with E-state index in [1.807, 2.05) is 12.1 Å². The fourth-order valence-corrected chi connectivity index (χ4v) is 4.10. The van der Waals surface area contributed by atoms with Crippen molar-refractivity contribution in [1.82, 2.24) is 10.3 Å². The minimum atomic E-state index is -0.706. The fourth-order valence-electron chi connectivity index (χ4n) is 4.10. The first-order valence-electron chi connectivity index (χ1n) is 11.3. The van der Waals surface area contributed by atoms with Gasteiger partial charge in [-0.3, -0.25) is 9.79 Å². The number of pyridine rings is 1. The third kappa shape index (κ3) is 5.63. The number of nitrogens with zero attached hydrogens (tertiary/aromatic N) is 2. The molecule has 4 rings (SSSR count). The molecule has 0 bridgehead atoms. The lowest BCUT2D eigenvalue weighted by Crippen LogP contribution is -2.34. The van der Waals surface area contributed by atoms with E-state index >= 15 is 0 Å². The first-order chi connectivity index (χ1) is 17.0. The first kappa shape index (κ1) is 24.3. The zero-order chi connectivity index (χ0) is 24.8. The van der Waals surface area contributed by atoms with Crippen LogP contribution in [-0.4, -0.2) is 56.2 Å². The zero-order valence-corrected chi connectivity index (χ0v) is 19.7. The molecule has 2 heterocycles. The van der Waals surface area contributed by atoms with Crippen molar-refractivity contribution in [2.45, 2.75) is 24.9 Å². The van der Waals surface area contributed by atoms with Crippen molar-refractivity contribution in [2.75, 3.05) is 32.7 Å². The fraction of sp³-hybridized carbons (Fsp3) is 0.308. The molecule has 2 aromatic carbocycles. The van der Waals surface area contributed by atoms with E-state index in [1.54, 1.807) is 31.4 Å². The summed E-state index contributed by atoms with van der Waals surface area (Å²) in [5, 5.41) is 15.6. The summed E-state index contributed by atoms with van der Waals surface area (Å²) in [4.78, 5) is 22.0. The molecule has 3 aromatic rings. The average Bonchev–Trinajstić information content (AvgIpc) is 3.38. The number of ether oxygens (including phenoxy) is 2. The number of nitrogens with one attached hydrogen (secondary N) is 3. The molecule has 1 aromatic heterocycles. The highest BCUT2D eigenvalue weighted by Crippen LogP contribution is 2.25. The molecule has 2 atom stereocenters. The maximum absolute atomic E-state index is 14.4. The summed E-state index contributed by atoms with van der Waals surface area (Å²) in [6.45, 7) is 1.38. The van der Waals surface area contributed by atoms with Crippen LogP contribution in [0, 0.1) is 11.2 Å². The third-order valence-corrected chi connectivity index (χ3v) is 5.98. The Bertz CT molecular complexity index is 1260. The largest absolute Gasteiger partial charge is 0.494 e. The summed E-state index contributed by atoms with van der Waals surface area (Å²) in [6, 6.07) is 11.3. The van der Waals surface area contributed by atoms with Crippen LogP contribution in [0.5, 0.6) is 5.75 Å². The molecule has 1 saturated heterocycles. The number of halogens is 1. The highest BCUT2D eigenvalue weighted by atomic mass is 19.1. The van der Waals surface area contributed by atoms with E-state index < -0.39 is 11.9 Å². The van der Waals surface area contributed by atoms with Gasteiger partial charge in [0.25, 0.3) is 5.91 Å². The van der Waals surface area contributed by atoms with Crippen molar-refractivity contribution in [3.63, 3.8) is 0 Å². The standard InChI is InChI=1S/C26H28FN5O3/c1-29-22(7-9-28)25(16-5-6-23(34-2)21(27)12-16)32-26(33)17-3-4-18-14-30-24(13-19(18)11-17)31-20-8-10-35-15-20/h3-6,9,11-14,20,25,28H,7-8,10,15H2,1-2H3,(H,30,31)(H,32,33). The summed E-state index contributed by atoms with van der Waals surface area (Å²) in [7, 11) is 2.98. The minimum absolute atomic E-state index is 0.109. The molecule has 1 aliphatic heterocycles. The highest BCUT2D eigenvalue weighted by molar-refractivity contribution is 6.04. The number of amides is 1. The third-order valence-electron chi connectivity index (χ3n) is 5.98. The second-order valence-electron chi connectivity index (χ2n) is 8.26. The maximum atomic E-state index is 14.4. The molecular formula is C26H28FN5O3. The summed E-state index contributed by atoms with van der Waals surface area (Å²) < 4.78 is 24.9. The van der Waals surface area contributed by atoms with Crippen molar-refractivity contribution in [3.05, 3.63) is 65.6 Å². The summed E-state index contributed by atoms with van der Waals surface area (Å²) in [5.41, 5.74) is 1.49. The molecular weight excluding hydrogens is 449 g/mol. The van der Waals surface area contributed by atoms with Gasteiger partial charge in [0, 0.05) is 49.1 Å². The molecule has 35 heavy (non-hydrogen) atoms. The van der Waals surface area contributed by atoms with Crippen LogP contribution < -0.4 is 15.4 Å². The van der Waals surface area contributed by atoms with Crippen LogP contribution in [0.4, 0.5) is 10.2 Å². The molecule has 1 amide bonds. The number of methoxy groups -OCH3 is 1. The van der Waals surface area contributed by atoms with Gasteiger partial charge in [0.1, 0.15) is 5.82 Å². The van der Waals surface area contributed by atoms with Gasteiger partial charge in [-0.2, -0.15) is 0 Å². The van der Waals surface area contributed by atoms with Gasteiger partial charge < -0.3 is 25.5 Å². The highest BCUT2D eigenvalue weighted by Gasteiger charge is 2.22. The Hall–Kier alpha value is -3.85. The lowest BCUT2D eigenvalue weighted by atomic mass is 9.98. The quantitative estimate of drug-likeness (QED) is 0.401. The Labute approximate surface area is 203 Å². The Morgan fingerprint density at radius 1 is 1.31 bits per heavy atom. The van der Waals surface area contributed by atoms with E-state index in [-0.39, 0.29) is 24.1 Å². The number of hydrogen-bond acceptors (Lipinski definition) is 7. The second kappa shape index (κ2) is 11.1. The summed E-state index contributed by atoms with van der Waals surface area (Å²) in [6.07, 6.45) is 4.11. The van der Waals surface area contributed by atoms with E-state index in [0.29, 0.717) is 23.4 Å². The van der Waals surface area contributed by atoms with Gasteiger partial charge in [0.2, 0.25) is 0 Å². The molecule has 1 fully saturated rings. The van der Waals surface area contributed by atoms with E-state index in [4.69, 9.17) is 14.9 Å². The number of rotatable bonds is 9. The van der Waals surface area contributed by atoms with Gasteiger partial charge in [-0.25, -0.2) is 9.37 Å². The van der Waals surface area contributed by atoms with Crippen molar-refractivity contribution in [2.24, 2.45) is 4.99 Å². The van der Waals surface area contributed by atoms with Gasteiger partial charge in [-0.1, -0.05) is 12.1 Å². The molecule has 0 spiro atoms. The average molecular weight is 478 g/mol. The van der Waals surface area contributed by atoms with Crippen molar-refractivity contribution < 1.29 is 18.7 Å². The molecule has 3 N–H and O–H groups in total. The Balaban J connectivity index is 1.61. The molecule has 0 aliphatic carbocycles. The molecule has 9 heteroatoms. The van der Waals surface area contributed by atoms with Crippen LogP contribution in [0.1, 0.15) is 34.8 Å². The van der Waals surface area contributed by atoms with E-state index in [0.717, 1.165) is 29.6 Å². The van der Waals surface area contributed by atoms with Crippen LogP contribution in [0.2, 0.25) is 0 Å². The number of anilines is 1. The summed E-state index contributed by atoms with van der Waals surface area (Å²) >= 11 is 0. The Kier molecular flexibility index (Phi) is 7.67. The predicted molar refractivity (Wildman–Crippen MR) is 135 cm³/mol. The molecule has 0 saturated carbocycles. The maximum Gasteiger partial charge on any atom is 0.252 e. The number of benzene rings is 2. The molecule has 1 aliphatic rings. The number of carbonyl (C=O) groups excluding carboxylic acids is 1. The van der Waals surface area contributed by atoms with Crippen molar-refractivity contribution >= 4 is 34.4 Å². The number of aromatic nitrogens is 1. The van der Waals surface area contributed by atoms with E-state index in [2.05, 4.69) is 20.6 Å². The molecule has 8 nitrogen and oxygen atoms in total.